The molecule has 5 nitrogen and oxygen atoms in total. The van der Waals surface area contributed by atoms with Crippen LogP contribution in [0, 0.1) is 57.2 Å². The van der Waals surface area contributed by atoms with Crippen LogP contribution in [-0.4, -0.2) is 37.6 Å². The van der Waals surface area contributed by atoms with Crippen LogP contribution in [0.4, 0.5) is 0 Å². The number of carbonyl (C=O) groups excluding carboxylic acids is 2. The van der Waals surface area contributed by atoms with Crippen LogP contribution < -0.4 is 10.6 Å². The monoisotopic (exact) mass is 683 g/mol. The zero-order valence-corrected chi connectivity index (χ0v) is 32.4. The van der Waals surface area contributed by atoms with E-state index in [9.17, 15) is 9.59 Å². The fourth-order valence-electron chi connectivity index (χ4n) is 14.3. The van der Waals surface area contributed by atoms with Crippen LogP contribution >= 0.6 is 0 Å². The zero-order chi connectivity index (χ0) is 35.7. The van der Waals surface area contributed by atoms with Crippen molar-refractivity contribution >= 4 is 17.4 Å². The largest absolute Gasteiger partial charge is 0.465 e. The molecule has 0 aromatic heterocycles. The summed E-state index contributed by atoms with van der Waals surface area (Å²) in [7, 11) is 1.44. The second-order valence-electron chi connectivity index (χ2n) is 19.3. The fraction of sp³-hybridized carbons (Fsp3) is 0.733. The molecule has 0 unspecified atom stereocenters. The summed E-state index contributed by atoms with van der Waals surface area (Å²) in [4.78, 5) is 25.8. The lowest BCUT2D eigenvalue weighted by molar-refractivity contribution is -0.219. The minimum absolute atomic E-state index is 0.0349. The molecule has 9 atom stereocenters. The van der Waals surface area contributed by atoms with E-state index in [1.165, 1.54) is 81.6 Å². The van der Waals surface area contributed by atoms with Crippen molar-refractivity contribution in [3.63, 3.8) is 0 Å². The first-order valence-electron chi connectivity index (χ1n) is 20.3. The Kier molecular flexibility index (Phi) is 9.30. The lowest BCUT2D eigenvalue weighted by Gasteiger charge is -2.72. The lowest BCUT2D eigenvalue weighted by Crippen LogP contribution is -2.68. The third kappa shape index (κ3) is 5.48. The molecule has 1 amide bonds. The maximum absolute atomic E-state index is 13.7. The summed E-state index contributed by atoms with van der Waals surface area (Å²) in [6, 6.07) is 8.09. The first kappa shape index (κ1) is 36.0. The molecule has 1 aromatic rings. The van der Waals surface area contributed by atoms with Gasteiger partial charge in [0, 0.05) is 5.54 Å². The standard InChI is InChI=1S/C45H66N2O3/c1-29(2)33-19-24-45(47-38(48)28-46-27-30-11-9-10-12-30)26-25-43(6)35(39(33)45)17-18-37-42(5)22-20-34(31-13-15-32(16-14-31)40(49)50-8)41(3,4)36(42)21-23-44(37,43)7/h13-16,20,30,33,35-37,39,46H,1,9-12,17-19,21-28H2,2-8H3,(H,47,48)/t33-,35+,36-,37+,39+,42-,43+,44+,45-/m0/s1. The van der Waals surface area contributed by atoms with Crippen LogP contribution in [-0.2, 0) is 9.53 Å². The summed E-state index contributed by atoms with van der Waals surface area (Å²) < 4.78 is 4.97. The van der Waals surface area contributed by atoms with Gasteiger partial charge in [-0.25, -0.2) is 4.79 Å². The van der Waals surface area contributed by atoms with Crippen LogP contribution in [0.15, 0.2) is 42.5 Å². The molecular weight excluding hydrogens is 617 g/mol. The fourth-order valence-corrected chi connectivity index (χ4v) is 14.3. The predicted octanol–water partition coefficient (Wildman–Crippen LogP) is 9.77. The Morgan fingerprint density at radius 2 is 1.58 bits per heavy atom. The van der Waals surface area contributed by atoms with Crippen molar-refractivity contribution in [2.45, 2.75) is 131 Å². The highest BCUT2D eigenvalue weighted by atomic mass is 16.5. The highest BCUT2D eigenvalue weighted by molar-refractivity contribution is 5.90. The molecule has 0 spiro atoms. The van der Waals surface area contributed by atoms with Gasteiger partial charge in [0.05, 0.1) is 19.2 Å². The molecule has 5 heteroatoms. The molecular formula is C45H66N2O3. The molecule has 274 valence electrons. The third-order valence-electron chi connectivity index (χ3n) is 16.8. The van der Waals surface area contributed by atoms with E-state index in [-0.39, 0.29) is 39.1 Å². The molecule has 6 aliphatic carbocycles. The smallest absolute Gasteiger partial charge is 0.337 e. The van der Waals surface area contributed by atoms with E-state index in [4.69, 9.17) is 4.74 Å². The Morgan fingerprint density at radius 3 is 2.26 bits per heavy atom. The average Bonchev–Trinajstić information content (AvgIpc) is 3.73. The van der Waals surface area contributed by atoms with Crippen molar-refractivity contribution in [3.05, 3.63) is 53.6 Å². The van der Waals surface area contributed by atoms with Gasteiger partial charge in [-0.2, -0.15) is 0 Å². The molecule has 6 aliphatic rings. The topological polar surface area (TPSA) is 67.4 Å². The number of hydrogen-bond acceptors (Lipinski definition) is 4. The van der Waals surface area contributed by atoms with Crippen molar-refractivity contribution in [3.8, 4) is 0 Å². The number of rotatable bonds is 8. The SMILES string of the molecule is C=C(C)[C@@H]1CC[C@]2(NC(=O)CNCC3CCCC3)CC[C@]3(C)[C@H](CC[C@@H]4[C@@]5(C)CC=C(c6ccc(C(=O)OC)cc6)C(C)(C)[C@@H]5CC[C@]43C)[C@@H]12. The Labute approximate surface area is 303 Å². The maximum Gasteiger partial charge on any atom is 0.337 e. The number of fused-ring (bicyclic) bond motifs is 7. The van der Waals surface area contributed by atoms with E-state index in [2.05, 4.69) is 77.0 Å². The van der Waals surface area contributed by atoms with Gasteiger partial charge in [-0.3, -0.25) is 4.79 Å². The Hall–Kier alpha value is -2.40. The summed E-state index contributed by atoms with van der Waals surface area (Å²) in [5, 5.41) is 7.30. The normalized spacial score (nSPS) is 40.5. The predicted molar refractivity (Wildman–Crippen MR) is 203 cm³/mol. The number of esters is 1. The van der Waals surface area contributed by atoms with Gasteiger partial charge in [0.25, 0.3) is 0 Å². The Balaban J connectivity index is 1.14. The van der Waals surface area contributed by atoms with Gasteiger partial charge in [0.1, 0.15) is 0 Å². The number of nitrogens with one attached hydrogen (secondary N) is 2. The van der Waals surface area contributed by atoms with Crippen LogP contribution in [0.5, 0.6) is 0 Å². The van der Waals surface area contributed by atoms with E-state index < -0.39 is 0 Å². The van der Waals surface area contributed by atoms with Gasteiger partial charge in [-0.1, -0.05) is 77.8 Å². The van der Waals surface area contributed by atoms with Crippen LogP contribution in [0.2, 0.25) is 0 Å². The molecule has 7 rings (SSSR count). The second kappa shape index (κ2) is 12.9. The van der Waals surface area contributed by atoms with Gasteiger partial charge in [-0.15, -0.1) is 0 Å². The van der Waals surface area contributed by atoms with E-state index in [1.54, 1.807) is 0 Å². The maximum atomic E-state index is 13.7. The summed E-state index contributed by atoms with van der Waals surface area (Å²) in [5.41, 5.74) is 5.26. The van der Waals surface area contributed by atoms with E-state index in [0.717, 1.165) is 38.1 Å². The molecule has 0 bridgehead atoms. The number of amides is 1. The average molecular weight is 683 g/mol. The first-order chi connectivity index (χ1) is 23.7. The minimum atomic E-state index is -0.280. The first-order valence-corrected chi connectivity index (χ1v) is 20.3. The highest BCUT2D eigenvalue weighted by Gasteiger charge is 2.70. The second-order valence-corrected chi connectivity index (χ2v) is 19.3. The van der Waals surface area contributed by atoms with Crippen molar-refractivity contribution in [2.24, 2.45) is 57.2 Å². The number of carbonyl (C=O) groups is 2. The molecule has 0 aliphatic heterocycles. The number of methoxy groups -OCH3 is 1. The van der Waals surface area contributed by atoms with E-state index in [1.807, 2.05) is 12.1 Å². The van der Waals surface area contributed by atoms with Gasteiger partial charge in [0.15, 0.2) is 0 Å². The number of hydrogen-bond donors (Lipinski definition) is 2. The summed E-state index contributed by atoms with van der Waals surface area (Å²) in [6.45, 7) is 21.3. The number of allylic oxidation sites excluding steroid dienone is 3. The number of benzene rings is 1. The highest BCUT2D eigenvalue weighted by Crippen LogP contribution is 2.76. The van der Waals surface area contributed by atoms with Gasteiger partial charge < -0.3 is 15.4 Å². The quantitative estimate of drug-likeness (QED) is 0.212. The molecule has 1 aromatic carbocycles. The van der Waals surface area contributed by atoms with Gasteiger partial charge >= 0.3 is 5.97 Å². The molecule has 5 fully saturated rings. The lowest BCUT2D eigenvalue weighted by atomic mass is 9.33. The minimum Gasteiger partial charge on any atom is -0.465 e. The Bertz CT molecular complexity index is 1520. The van der Waals surface area contributed by atoms with Gasteiger partial charge in [-0.05, 0) is 165 Å². The van der Waals surface area contributed by atoms with Crippen molar-refractivity contribution in [1.82, 2.24) is 10.6 Å². The molecule has 0 saturated heterocycles. The molecule has 0 heterocycles. The summed E-state index contributed by atoms with van der Waals surface area (Å²) in [6.07, 6.45) is 18.6. The van der Waals surface area contributed by atoms with Crippen LogP contribution in [0.1, 0.15) is 141 Å². The summed E-state index contributed by atoms with van der Waals surface area (Å²) >= 11 is 0. The van der Waals surface area contributed by atoms with Crippen LogP contribution in [0.3, 0.4) is 0 Å². The molecule has 2 N–H and O–H groups in total. The Morgan fingerprint density at radius 1 is 0.860 bits per heavy atom. The molecule has 50 heavy (non-hydrogen) atoms. The van der Waals surface area contributed by atoms with E-state index >= 15 is 0 Å². The molecule has 0 radical (unpaired) electrons. The van der Waals surface area contributed by atoms with Gasteiger partial charge in [0.2, 0.25) is 5.91 Å². The zero-order valence-electron chi connectivity index (χ0n) is 32.4. The van der Waals surface area contributed by atoms with E-state index in [0.29, 0.717) is 41.7 Å². The van der Waals surface area contributed by atoms with Crippen molar-refractivity contribution in [1.29, 1.82) is 0 Å². The molecule has 5 saturated carbocycles. The number of ether oxygens (including phenoxy) is 1. The third-order valence-corrected chi connectivity index (χ3v) is 16.8. The summed E-state index contributed by atoms with van der Waals surface area (Å²) in [5.74, 6) is 3.50. The van der Waals surface area contributed by atoms with Crippen LogP contribution in [0.25, 0.3) is 5.57 Å². The van der Waals surface area contributed by atoms with Crippen molar-refractivity contribution < 1.29 is 14.3 Å². The van der Waals surface area contributed by atoms with Crippen molar-refractivity contribution in [2.75, 3.05) is 20.2 Å².